The molecule has 4 aromatic rings. The van der Waals surface area contributed by atoms with Crippen LogP contribution in [0.5, 0.6) is 5.75 Å². The van der Waals surface area contributed by atoms with Crippen LogP contribution in [-0.2, 0) is 6.54 Å². The number of rotatable bonds is 5. The van der Waals surface area contributed by atoms with Gasteiger partial charge in [-0.1, -0.05) is 12.1 Å². The molecule has 144 valence electrons. The zero-order valence-corrected chi connectivity index (χ0v) is 15.6. The highest BCUT2D eigenvalue weighted by molar-refractivity contribution is 5.97. The number of amides is 1. The monoisotopic (exact) mass is 387 g/mol. The standard InChI is InChI=1S/C22H17N3O4/c1-28-19-4-2-3-16-12-17(22(27)29-20(16)19)21(26)25-13-14-5-10-24-18(11-14)15-6-8-23-9-7-15/h2-12H,13H2,1H3,(H,25,26). The normalized spacial score (nSPS) is 10.7. The van der Waals surface area contributed by atoms with Gasteiger partial charge in [0.25, 0.3) is 5.91 Å². The van der Waals surface area contributed by atoms with Crippen LogP contribution in [0.1, 0.15) is 15.9 Å². The highest BCUT2D eigenvalue weighted by Gasteiger charge is 2.15. The van der Waals surface area contributed by atoms with Gasteiger partial charge < -0.3 is 14.5 Å². The van der Waals surface area contributed by atoms with Gasteiger partial charge in [-0.2, -0.15) is 0 Å². The average molecular weight is 387 g/mol. The van der Waals surface area contributed by atoms with Crippen molar-refractivity contribution in [3.8, 4) is 17.0 Å². The average Bonchev–Trinajstić information content (AvgIpc) is 2.77. The molecule has 7 heteroatoms. The second-order valence-electron chi connectivity index (χ2n) is 6.29. The number of nitrogens with zero attached hydrogens (tertiary/aromatic N) is 2. The lowest BCUT2D eigenvalue weighted by Gasteiger charge is -2.08. The largest absolute Gasteiger partial charge is 0.493 e. The molecule has 0 fully saturated rings. The van der Waals surface area contributed by atoms with E-state index < -0.39 is 11.5 Å². The van der Waals surface area contributed by atoms with Gasteiger partial charge in [-0.25, -0.2) is 4.79 Å². The smallest absolute Gasteiger partial charge is 0.349 e. The van der Waals surface area contributed by atoms with Gasteiger partial charge in [-0.3, -0.25) is 14.8 Å². The van der Waals surface area contributed by atoms with Crippen molar-refractivity contribution >= 4 is 16.9 Å². The molecule has 1 aromatic carbocycles. The first kappa shape index (κ1) is 18.4. The summed E-state index contributed by atoms with van der Waals surface area (Å²) in [5, 5.41) is 3.37. The minimum Gasteiger partial charge on any atom is -0.493 e. The highest BCUT2D eigenvalue weighted by atomic mass is 16.5. The molecule has 3 aromatic heterocycles. The van der Waals surface area contributed by atoms with E-state index in [9.17, 15) is 9.59 Å². The van der Waals surface area contributed by atoms with Gasteiger partial charge in [-0.15, -0.1) is 0 Å². The summed E-state index contributed by atoms with van der Waals surface area (Å²) in [5.74, 6) is -0.0715. The van der Waals surface area contributed by atoms with Crippen LogP contribution in [-0.4, -0.2) is 23.0 Å². The predicted octanol–water partition coefficient (Wildman–Crippen LogP) is 3.19. The Kier molecular flexibility index (Phi) is 5.03. The number of para-hydroxylation sites is 1. The highest BCUT2D eigenvalue weighted by Crippen LogP contribution is 2.24. The van der Waals surface area contributed by atoms with Crippen LogP contribution in [0, 0.1) is 0 Å². The molecule has 1 N–H and O–H groups in total. The Hall–Kier alpha value is -4.00. The summed E-state index contributed by atoms with van der Waals surface area (Å²) in [7, 11) is 1.49. The number of benzene rings is 1. The van der Waals surface area contributed by atoms with E-state index in [-0.39, 0.29) is 12.1 Å². The molecule has 0 saturated carbocycles. The van der Waals surface area contributed by atoms with Crippen LogP contribution in [0.15, 0.2) is 76.3 Å². The first-order valence-corrected chi connectivity index (χ1v) is 8.90. The Morgan fingerprint density at radius 3 is 2.72 bits per heavy atom. The fourth-order valence-corrected chi connectivity index (χ4v) is 2.98. The quantitative estimate of drug-likeness (QED) is 0.529. The summed E-state index contributed by atoms with van der Waals surface area (Å²) in [4.78, 5) is 33.2. The number of ether oxygens (including phenoxy) is 1. The maximum Gasteiger partial charge on any atom is 0.349 e. The van der Waals surface area contributed by atoms with Gasteiger partial charge in [-0.05, 0) is 42.0 Å². The summed E-state index contributed by atoms with van der Waals surface area (Å²) in [6.07, 6.45) is 5.06. The molecule has 7 nitrogen and oxygen atoms in total. The Bertz CT molecular complexity index is 1240. The maximum atomic E-state index is 12.6. The molecular formula is C22H17N3O4. The SMILES string of the molecule is COc1cccc2cc(C(=O)NCc3ccnc(-c4ccncc4)c3)c(=O)oc12. The molecule has 0 saturated heterocycles. The van der Waals surface area contributed by atoms with E-state index in [0.717, 1.165) is 16.8 Å². The minimum absolute atomic E-state index is 0.0610. The van der Waals surface area contributed by atoms with Crippen molar-refractivity contribution in [1.82, 2.24) is 15.3 Å². The van der Waals surface area contributed by atoms with Crippen molar-refractivity contribution in [2.75, 3.05) is 7.11 Å². The van der Waals surface area contributed by atoms with Crippen molar-refractivity contribution in [2.24, 2.45) is 0 Å². The van der Waals surface area contributed by atoms with Crippen molar-refractivity contribution in [3.05, 3.63) is 88.7 Å². The molecular weight excluding hydrogens is 370 g/mol. The Morgan fingerprint density at radius 2 is 1.93 bits per heavy atom. The third-order valence-electron chi connectivity index (χ3n) is 4.44. The second kappa shape index (κ2) is 7.93. The summed E-state index contributed by atoms with van der Waals surface area (Å²) in [6, 6.07) is 14.1. The first-order valence-electron chi connectivity index (χ1n) is 8.90. The molecule has 1 amide bonds. The van der Waals surface area contributed by atoms with Crippen molar-refractivity contribution in [2.45, 2.75) is 6.54 Å². The zero-order valence-electron chi connectivity index (χ0n) is 15.6. The lowest BCUT2D eigenvalue weighted by Crippen LogP contribution is -2.27. The lowest BCUT2D eigenvalue weighted by atomic mass is 10.1. The third-order valence-corrected chi connectivity index (χ3v) is 4.44. The molecule has 0 spiro atoms. The van der Waals surface area contributed by atoms with Crippen molar-refractivity contribution < 1.29 is 13.9 Å². The molecule has 0 aliphatic rings. The Morgan fingerprint density at radius 1 is 1.10 bits per heavy atom. The Balaban J connectivity index is 1.55. The van der Waals surface area contributed by atoms with Gasteiger partial charge in [0.2, 0.25) is 0 Å². The number of hydrogen-bond donors (Lipinski definition) is 1. The zero-order chi connectivity index (χ0) is 20.2. The topological polar surface area (TPSA) is 94.3 Å². The molecule has 29 heavy (non-hydrogen) atoms. The maximum absolute atomic E-state index is 12.6. The van der Waals surface area contributed by atoms with E-state index in [1.165, 1.54) is 13.2 Å². The summed E-state index contributed by atoms with van der Waals surface area (Å²) < 4.78 is 10.5. The number of pyridine rings is 2. The van der Waals surface area contributed by atoms with Gasteiger partial charge in [0, 0.05) is 36.1 Å². The van der Waals surface area contributed by atoms with Crippen LogP contribution >= 0.6 is 0 Å². The van der Waals surface area contributed by atoms with E-state index in [0.29, 0.717) is 16.7 Å². The number of aromatic nitrogens is 2. The molecule has 4 rings (SSSR count). The molecule has 0 aliphatic carbocycles. The van der Waals surface area contributed by atoms with E-state index in [2.05, 4.69) is 15.3 Å². The van der Waals surface area contributed by atoms with Crippen LogP contribution in [0.3, 0.4) is 0 Å². The number of fused-ring (bicyclic) bond motifs is 1. The molecule has 0 bridgehead atoms. The molecule has 0 aliphatic heterocycles. The summed E-state index contributed by atoms with van der Waals surface area (Å²) in [6.45, 7) is 0.245. The van der Waals surface area contributed by atoms with Gasteiger partial charge in [0.1, 0.15) is 5.56 Å². The molecule has 0 radical (unpaired) electrons. The fourth-order valence-electron chi connectivity index (χ4n) is 2.98. The van der Waals surface area contributed by atoms with Gasteiger partial charge in [0.05, 0.1) is 12.8 Å². The lowest BCUT2D eigenvalue weighted by molar-refractivity contribution is 0.0947. The van der Waals surface area contributed by atoms with Gasteiger partial charge in [0.15, 0.2) is 11.3 Å². The van der Waals surface area contributed by atoms with Gasteiger partial charge >= 0.3 is 5.63 Å². The number of nitrogens with one attached hydrogen (secondary N) is 1. The van der Waals surface area contributed by atoms with Crippen LogP contribution in [0.4, 0.5) is 0 Å². The first-order chi connectivity index (χ1) is 14.2. The second-order valence-corrected chi connectivity index (χ2v) is 6.29. The number of methoxy groups -OCH3 is 1. The summed E-state index contributed by atoms with van der Waals surface area (Å²) >= 11 is 0. The van der Waals surface area contributed by atoms with Crippen LogP contribution in [0.2, 0.25) is 0 Å². The van der Waals surface area contributed by atoms with Crippen LogP contribution in [0.25, 0.3) is 22.2 Å². The number of carbonyl (C=O) groups excluding carboxylic acids is 1. The molecule has 3 heterocycles. The molecule has 0 atom stereocenters. The molecule has 0 unspecified atom stereocenters. The number of hydrogen-bond acceptors (Lipinski definition) is 6. The van der Waals surface area contributed by atoms with E-state index in [1.807, 2.05) is 18.2 Å². The van der Waals surface area contributed by atoms with Crippen molar-refractivity contribution in [1.29, 1.82) is 0 Å². The summed E-state index contributed by atoms with van der Waals surface area (Å²) in [5.41, 5.74) is 2.09. The predicted molar refractivity (Wildman–Crippen MR) is 108 cm³/mol. The Labute approximate surface area is 166 Å². The minimum atomic E-state index is -0.716. The van der Waals surface area contributed by atoms with Crippen LogP contribution < -0.4 is 15.7 Å². The third kappa shape index (κ3) is 3.84. The van der Waals surface area contributed by atoms with E-state index in [1.54, 1.807) is 42.9 Å². The van der Waals surface area contributed by atoms with E-state index in [4.69, 9.17) is 9.15 Å². The fraction of sp³-hybridized carbons (Fsp3) is 0.0909. The van der Waals surface area contributed by atoms with E-state index >= 15 is 0 Å². The number of carbonyl (C=O) groups is 1. The van der Waals surface area contributed by atoms with Crippen molar-refractivity contribution in [3.63, 3.8) is 0 Å².